The zero-order valence-corrected chi connectivity index (χ0v) is 11.1. The predicted molar refractivity (Wildman–Crippen MR) is 67.7 cm³/mol. The fourth-order valence-electron chi connectivity index (χ4n) is 2.67. The smallest absolute Gasteiger partial charge is 0.0951 e. The monoisotopic (exact) mass is 237 g/mol. The number of β-amino-alcohol motifs (C(OH)–C–C–N with tert-alkyl or cyclic N) is 1. The zero-order valence-electron chi connectivity index (χ0n) is 11.1. The molecule has 1 fully saturated rings. The van der Waals surface area contributed by atoms with Crippen LogP contribution in [0.4, 0.5) is 0 Å². The van der Waals surface area contributed by atoms with Gasteiger partial charge in [0.25, 0.3) is 0 Å². The van der Waals surface area contributed by atoms with Gasteiger partial charge in [0.15, 0.2) is 0 Å². The molecule has 0 atom stereocenters. The minimum Gasteiger partial charge on any atom is -0.387 e. The Morgan fingerprint density at radius 2 is 2.18 bits per heavy atom. The number of imidazole rings is 1. The van der Waals surface area contributed by atoms with Crippen molar-refractivity contribution in [2.75, 3.05) is 13.1 Å². The minimum absolute atomic E-state index is 0.433. The van der Waals surface area contributed by atoms with Gasteiger partial charge >= 0.3 is 0 Å². The van der Waals surface area contributed by atoms with Gasteiger partial charge in [-0.3, -0.25) is 4.90 Å². The van der Waals surface area contributed by atoms with E-state index in [9.17, 15) is 5.11 Å². The SMILES string of the molecule is CCCC1(O)CN(Cc2cncn2C(C)C)C1. The minimum atomic E-state index is -0.433. The molecule has 0 aromatic carbocycles. The highest BCUT2D eigenvalue weighted by molar-refractivity contribution is 5.04. The molecule has 0 unspecified atom stereocenters. The molecule has 0 bridgehead atoms. The summed E-state index contributed by atoms with van der Waals surface area (Å²) in [5.74, 6) is 0. The van der Waals surface area contributed by atoms with E-state index < -0.39 is 5.60 Å². The molecule has 17 heavy (non-hydrogen) atoms. The maximum Gasteiger partial charge on any atom is 0.0951 e. The highest BCUT2D eigenvalue weighted by atomic mass is 16.3. The van der Waals surface area contributed by atoms with Gasteiger partial charge in [0.05, 0.1) is 17.6 Å². The summed E-state index contributed by atoms with van der Waals surface area (Å²) in [6, 6.07) is 0.448. The molecule has 4 heteroatoms. The summed E-state index contributed by atoms with van der Waals surface area (Å²) >= 11 is 0. The summed E-state index contributed by atoms with van der Waals surface area (Å²) < 4.78 is 2.19. The lowest BCUT2D eigenvalue weighted by molar-refractivity contribution is -0.107. The van der Waals surface area contributed by atoms with Crippen LogP contribution in [0, 0.1) is 0 Å². The second-order valence-electron chi connectivity index (χ2n) is 5.51. The molecule has 0 saturated carbocycles. The molecule has 2 rings (SSSR count). The third-order valence-corrected chi connectivity index (χ3v) is 3.44. The van der Waals surface area contributed by atoms with Crippen molar-refractivity contribution in [3.05, 3.63) is 18.2 Å². The first-order valence-corrected chi connectivity index (χ1v) is 6.49. The van der Waals surface area contributed by atoms with Crippen LogP contribution in [0.3, 0.4) is 0 Å². The number of aliphatic hydroxyl groups is 1. The second kappa shape index (κ2) is 4.78. The third-order valence-electron chi connectivity index (χ3n) is 3.44. The molecular formula is C13H23N3O. The quantitative estimate of drug-likeness (QED) is 0.849. The Morgan fingerprint density at radius 1 is 1.47 bits per heavy atom. The predicted octanol–water partition coefficient (Wildman–Crippen LogP) is 1.81. The number of likely N-dealkylation sites (tertiary alicyclic amines) is 1. The molecule has 1 aromatic rings. The molecule has 0 radical (unpaired) electrons. The molecule has 1 aliphatic rings. The van der Waals surface area contributed by atoms with Crippen molar-refractivity contribution in [1.29, 1.82) is 0 Å². The summed E-state index contributed by atoms with van der Waals surface area (Å²) in [5, 5.41) is 10.1. The summed E-state index contributed by atoms with van der Waals surface area (Å²) in [7, 11) is 0. The van der Waals surface area contributed by atoms with E-state index in [1.54, 1.807) is 0 Å². The van der Waals surface area contributed by atoms with Crippen LogP contribution in [0.5, 0.6) is 0 Å². The van der Waals surface area contributed by atoms with E-state index in [1.165, 1.54) is 5.69 Å². The van der Waals surface area contributed by atoms with E-state index in [2.05, 4.69) is 35.2 Å². The first-order chi connectivity index (χ1) is 8.04. The van der Waals surface area contributed by atoms with Gasteiger partial charge < -0.3 is 9.67 Å². The van der Waals surface area contributed by atoms with Crippen molar-refractivity contribution in [1.82, 2.24) is 14.5 Å². The Bertz CT molecular complexity index is 366. The normalized spacial score (nSPS) is 19.6. The Kier molecular flexibility index (Phi) is 3.54. The highest BCUT2D eigenvalue weighted by Crippen LogP contribution is 2.27. The van der Waals surface area contributed by atoms with Crippen LogP contribution in [0.15, 0.2) is 12.5 Å². The van der Waals surface area contributed by atoms with Crippen LogP contribution in [0.2, 0.25) is 0 Å². The molecule has 2 heterocycles. The lowest BCUT2D eigenvalue weighted by Gasteiger charge is -2.46. The molecular weight excluding hydrogens is 214 g/mol. The number of rotatable bonds is 5. The van der Waals surface area contributed by atoms with E-state index in [-0.39, 0.29) is 0 Å². The van der Waals surface area contributed by atoms with Crippen molar-refractivity contribution in [3.8, 4) is 0 Å². The summed E-state index contributed by atoms with van der Waals surface area (Å²) in [6.07, 6.45) is 5.77. The lowest BCUT2D eigenvalue weighted by Crippen LogP contribution is -2.61. The standard InChI is InChI=1S/C13H23N3O/c1-4-5-13(17)8-15(9-13)7-12-6-14-10-16(12)11(2)3/h6,10-11,17H,4-5,7-9H2,1-3H3. The van der Waals surface area contributed by atoms with E-state index in [1.807, 2.05) is 12.5 Å². The summed E-state index contributed by atoms with van der Waals surface area (Å²) in [4.78, 5) is 6.48. The first kappa shape index (κ1) is 12.6. The van der Waals surface area contributed by atoms with Crippen LogP contribution >= 0.6 is 0 Å². The largest absolute Gasteiger partial charge is 0.387 e. The van der Waals surface area contributed by atoms with Gasteiger partial charge in [-0.25, -0.2) is 4.98 Å². The topological polar surface area (TPSA) is 41.3 Å². The summed E-state index contributed by atoms with van der Waals surface area (Å²) in [6.45, 7) is 8.93. The van der Waals surface area contributed by atoms with Crippen molar-refractivity contribution in [2.45, 2.75) is 51.8 Å². The average molecular weight is 237 g/mol. The van der Waals surface area contributed by atoms with Gasteiger partial charge in [-0.05, 0) is 20.3 Å². The molecule has 0 spiro atoms. The van der Waals surface area contributed by atoms with Crippen LogP contribution in [-0.2, 0) is 6.54 Å². The molecule has 1 saturated heterocycles. The van der Waals surface area contributed by atoms with Gasteiger partial charge in [0.1, 0.15) is 0 Å². The van der Waals surface area contributed by atoms with Gasteiger partial charge in [-0.1, -0.05) is 13.3 Å². The van der Waals surface area contributed by atoms with Crippen molar-refractivity contribution in [3.63, 3.8) is 0 Å². The van der Waals surface area contributed by atoms with Gasteiger partial charge in [-0.15, -0.1) is 0 Å². The first-order valence-electron chi connectivity index (χ1n) is 6.49. The lowest BCUT2D eigenvalue weighted by atomic mass is 9.89. The van der Waals surface area contributed by atoms with E-state index in [0.717, 1.165) is 32.5 Å². The van der Waals surface area contributed by atoms with Gasteiger partial charge in [-0.2, -0.15) is 0 Å². The average Bonchev–Trinajstić information content (AvgIpc) is 2.64. The molecule has 1 aromatic heterocycles. The summed E-state index contributed by atoms with van der Waals surface area (Å²) in [5.41, 5.74) is 0.802. The molecule has 0 amide bonds. The Balaban J connectivity index is 1.89. The number of hydrogen-bond acceptors (Lipinski definition) is 3. The molecule has 4 nitrogen and oxygen atoms in total. The Hall–Kier alpha value is -0.870. The van der Waals surface area contributed by atoms with Crippen molar-refractivity contribution >= 4 is 0 Å². The molecule has 0 aliphatic carbocycles. The maximum absolute atomic E-state index is 10.1. The molecule has 1 aliphatic heterocycles. The second-order valence-corrected chi connectivity index (χ2v) is 5.51. The fraction of sp³-hybridized carbons (Fsp3) is 0.769. The number of hydrogen-bond donors (Lipinski definition) is 1. The van der Waals surface area contributed by atoms with Crippen LogP contribution in [-0.4, -0.2) is 38.2 Å². The fourth-order valence-corrected chi connectivity index (χ4v) is 2.67. The van der Waals surface area contributed by atoms with Gasteiger partial charge in [0.2, 0.25) is 0 Å². The molecule has 1 N–H and O–H groups in total. The van der Waals surface area contributed by atoms with Crippen LogP contribution < -0.4 is 0 Å². The van der Waals surface area contributed by atoms with Gasteiger partial charge in [0, 0.05) is 31.9 Å². The van der Waals surface area contributed by atoms with Crippen molar-refractivity contribution in [2.24, 2.45) is 0 Å². The number of nitrogens with zero attached hydrogens (tertiary/aromatic N) is 3. The third kappa shape index (κ3) is 2.69. The van der Waals surface area contributed by atoms with E-state index >= 15 is 0 Å². The van der Waals surface area contributed by atoms with Crippen LogP contribution in [0.25, 0.3) is 0 Å². The van der Waals surface area contributed by atoms with E-state index in [0.29, 0.717) is 6.04 Å². The molecule has 96 valence electrons. The highest BCUT2D eigenvalue weighted by Gasteiger charge is 2.40. The van der Waals surface area contributed by atoms with E-state index in [4.69, 9.17) is 0 Å². The Morgan fingerprint density at radius 3 is 2.76 bits per heavy atom. The van der Waals surface area contributed by atoms with Crippen LogP contribution in [0.1, 0.15) is 45.3 Å². The number of aromatic nitrogens is 2. The zero-order chi connectivity index (χ0) is 12.5. The van der Waals surface area contributed by atoms with Crippen molar-refractivity contribution < 1.29 is 5.11 Å². The maximum atomic E-state index is 10.1. The Labute approximate surface area is 103 Å².